The van der Waals surface area contributed by atoms with Gasteiger partial charge in [-0.05, 0) is 68.0 Å². The first kappa shape index (κ1) is 14.0. The summed E-state index contributed by atoms with van der Waals surface area (Å²) in [6, 6.07) is 5.00. The van der Waals surface area contributed by atoms with Gasteiger partial charge in [-0.1, -0.05) is 29.3 Å². The number of rotatable bonds is 5. The van der Waals surface area contributed by atoms with Crippen molar-refractivity contribution in [3.8, 4) is 0 Å². The van der Waals surface area contributed by atoms with E-state index < -0.39 is 0 Å². The first-order chi connectivity index (χ1) is 8.70. The van der Waals surface area contributed by atoms with Gasteiger partial charge >= 0.3 is 0 Å². The molecule has 1 aromatic rings. The molecule has 0 bridgehead atoms. The van der Waals surface area contributed by atoms with Crippen LogP contribution in [-0.4, -0.2) is 13.1 Å². The Kier molecular flexibility index (Phi) is 5.19. The highest BCUT2D eigenvalue weighted by atomic mass is 79.9. The van der Waals surface area contributed by atoms with E-state index in [2.05, 4.69) is 28.2 Å². The molecule has 0 heterocycles. The fourth-order valence-corrected chi connectivity index (χ4v) is 3.37. The van der Waals surface area contributed by atoms with Crippen LogP contribution >= 0.6 is 15.9 Å². The van der Waals surface area contributed by atoms with Crippen LogP contribution in [0.3, 0.4) is 0 Å². The molecule has 0 radical (unpaired) electrons. The number of hydrogen-bond donors (Lipinski definition) is 1. The minimum absolute atomic E-state index is 0.130. The molecule has 0 aromatic heterocycles. The lowest BCUT2D eigenvalue weighted by Gasteiger charge is -2.20. The van der Waals surface area contributed by atoms with Gasteiger partial charge in [-0.3, -0.25) is 0 Å². The lowest BCUT2D eigenvalue weighted by atomic mass is 9.89. The molecule has 1 saturated carbocycles. The van der Waals surface area contributed by atoms with Crippen molar-refractivity contribution in [2.24, 2.45) is 11.8 Å². The monoisotopic (exact) mass is 313 g/mol. The predicted octanol–water partition coefficient (Wildman–Crippen LogP) is 4.16. The molecule has 2 unspecified atom stereocenters. The summed E-state index contributed by atoms with van der Waals surface area (Å²) in [5, 5.41) is 3.45. The Morgan fingerprint density at radius 3 is 2.89 bits per heavy atom. The van der Waals surface area contributed by atoms with Crippen LogP contribution in [0, 0.1) is 17.7 Å². The minimum atomic E-state index is -0.130. The summed E-state index contributed by atoms with van der Waals surface area (Å²) in [7, 11) is 0. The summed E-state index contributed by atoms with van der Waals surface area (Å²) >= 11 is 3.53. The third kappa shape index (κ3) is 3.55. The first-order valence-electron chi connectivity index (χ1n) is 6.85. The summed E-state index contributed by atoms with van der Waals surface area (Å²) in [4.78, 5) is 0. The molecule has 1 nitrogen and oxygen atoms in total. The Balaban J connectivity index is 2.01. The van der Waals surface area contributed by atoms with Gasteiger partial charge in [0, 0.05) is 4.47 Å². The maximum Gasteiger partial charge on any atom is 0.123 e. The van der Waals surface area contributed by atoms with E-state index in [4.69, 9.17) is 0 Å². The van der Waals surface area contributed by atoms with Gasteiger partial charge in [-0.25, -0.2) is 4.39 Å². The summed E-state index contributed by atoms with van der Waals surface area (Å²) in [5.74, 6) is 1.32. The van der Waals surface area contributed by atoms with E-state index in [-0.39, 0.29) is 5.82 Å². The van der Waals surface area contributed by atoms with Crippen molar-refractivity contribution >= 4 is 15.9 Å². The number of benzene rings is 1. The van der Waals surface area contributed by atoms with Gasteiger partial charge in [0.1, 0.15) is 5.82 Å². The van der Waals surface area contributed by atoms with Crippen molar-refractivity contribution in [2.45, 2.75) is 32.6 Å². The Labute approximate surface area is 117 Å². The lowest BCUT2D eigenvalue weighted by molar-refractivity contribution is 0.367. The third-order valence-electron chi connectivity index (χ3n) is 3.96. The maximum absolute atomic E-state index is 13.3. The van der Waals surface area contributed by atoms with Crippen LogP contribution in [0.1, 0.15) is 31.7 Å². The Morgan fingerprint density at radius 2 is 2.11 bits per heavy atom. The van der Waals surface area contributed by atoms with Crippen LogP contribution in [0.5, 0.6) is 0 Å². The predicted molar refractivity (Wildman–Crippen MR) is 77.2 cm³/mol. The molecule has 1 aromatic carbocycles. The summed E-state index contributed by atoms with van der Waals surface area (Å²) < 4.78 is 14.3. The fraction of sp³-hybridized carbons (Fsp3) is 0.600. The van der Waals surface area contributed by atoms with E-state index >= 15 is 0 Å². The smallest absolute Gasteiger partial charge is 0.123 e. The Morgan fingerprint density at radius 1 is 1.33 bits per heavy atom. The summed E-state index contributed by atoms with van der Waals surface area (Å²) in [6.07, 6.45) is 4.89. The van der Waals surface area contributed by atoms with Crippen molar-refractivity contribution < 1.29 is 4.39 Å². The van der Waals surface area contributed by atoms with E-state index in [1.165, 1.54) is 25.3 Å². The van der Waals surface area contributed by atoms with Crippen molar-refractivity contribution in [1.82, 2.24) is 5.32 Å². The van der Waals surface area contributed by atoms with E-state index in [1.54, 1.807) is 6.07 Å². The quantitative estimate of drug-likeness (QED) is 0.860. The van der Waals surface area contributed by atoms with Crippen LogP contribution in [0.4, 0.5) is 4.39 Å². The molecule has 1 fully saturated rings. The van der Waals surface area contributed by atoms with E-state index in [0.717, 1.165) is 35.5 Å². The second kappa shape index (κ2) is 6.67. The number of halogens is 2. The van der Waals surface area contributed by atoms with Gasteiger partial charge in [0.15, 0.2) is 0 Å². The summed E-state index contributed by atoms with van der Waals surface area (Å²) in [5.41, 5.74) is 1.11. The standard InChI is InChI=1S/C15H21BrFN/c1-2-18-10-12-5-3-4-11(12)8-13-9-14(17)6-7-15(13)16/h6-7,9,11-12,18H,2-5,8,10H2,1H3. The zero-order chi connectivity index (χ0) is 13.0. The highest BCUT2D eigenvalue weighted by Crippen LogP contribution is 2.35. The molecular formula is C15H21BrFN. The van der Waals surface area contributed by atoms with Crippen LogP contribution in [0.2, 0.25) is 0 Å². The number of nitrogens with one attached hydrogen (secondary N) is 1. The van der Waals surface area contributed by atoms with Crippen LogP contribution in [0.25, 0.3) is 0 Å². The van der Waals surface area contributed by atoms with Crippen molar-refractivity contribution in [1.29, 1.82) is 0 Å². The van der Waals surface area contributed by atoms with Gasteiger partial charge in [-0.2, -0.15) is 0 Å². The van der Waals surface area contributed by atoms with Gasteiger partial charge in [0.2, 0.25) is 0 Å². The average molecular weight is 314 g/mol. The Hall–Kier alpha value is -0.410. The number of hydrogen-bond acceptors (Lipinski definition) is 1. The van der Waals surface area contributed by atoms with Crippen molar-refractivity contribution in [3.63, 3.8) is 0 Å². The highest BCUT2D eigenvalue weighted by molar-refractivity contribution is 9.10. The zero-order valence-corrected chi connectivity index (χ0v) is 12.5. The van der Waals surface area contributed by atoms with E-state index in [0.29, 0.717) is 5.92 Å². The first-order valence-corrected chi connectivity index (χ1v) is 7.64. The molecule has 2 atom stereocenters. The van der Waals surface area contributed by atoms with E-state index in [9.17, 15) is 4.39 Å². The summed E-state index contributed by atoms with van der Waals surface area (Å²) in [6.45, 7) is 4.29. The molecule has 0 spiro atoms. The minimum Gasteiger partial charge on any atom is -0.317 e. The normalized spacial score (nSPS) is 23.5. The van der Waals surface area contributed by atoms with Gasteiger partial charge in [0.25, 0.3) is 0 Å². The molecule has 0 aliphatic heterocycles. The fourth-order valence-electron chi connectivity index (χ4n) is 2.96. The zero-order valence-electron chi connectivity index (χ0n) is 10.9. The van der Waals surface area contributed by atoms with Gasteiger partial charge in [-0.15, -0.1) is 0 Å². The topological polar surface area (TPSA) is 12.0 Å². The molecule has 1 N–H and O–H groups in total. The maximum atomic E-state index is 13.3. The molecule has 0 saturated heterocycles. The molecule has 0 amide bonds. The van der Waals surface area contributed by atoms with Crippen LogP contribution < -0.4 is 5.32 Å². The van der Waals surface area contributed by atoms with Crippen LogP contribution in [-0.2, 0) is 6.42 Å². The van der Waals surface area contributed by atoms with Crippen molar-refractivity contribution in [3.05, 3.63) is 34.1 Å². The second-order valence-electron chi connectivity index (χ2n) is 5.20. The Bertz CT molecular complexity index is 394. The van der Waals surface area contributed by atoms with Crippen LogP contribution in [0.15, 0.2) is 22.7 Å². The lowest BCUT2D eigenvalue weighted by Crippen LogP contribution is -2.26. The molecule has 1 aliphatic carbocycles. The SMILES string of the molecule is CCNCC1CCCC1Cc1cc(F)ccc1Br. The average Bonchev–Trinajstić information content (AvgIpc) is 2.79. The third-order valence-corrected chi connectivity index (χ3v) is 4.74. The largest absolute Gasteiger partial charge is 0.317 e. The van der Waals surface area contributed by atoms with Gasteiger partial charge < -0.3 is 5.32 Å². The molecule has 2 rings (SSSR count). The molecule has 1 aliphatic rings. The molecule has 100 valence electrons. The van der Waals surface area contributed by atoms with E-state index in [1.807, 2.05) is 6.07 Å². The second-order valence-corrected chi connectivity index (χ2v) is 6.05. The molecule has 3 heteroatoms. The molecular weight excluding hydrogens is 293 g/mol. The molecule has 18 heavy (non-hydrogen) atoms. The van der Waals surface area contributed by atoms with Gasteiger partial charge in [0.05, 0.1) is 0 Å². The highest BCUT2D eigenvalue weighted by Gasteiger charge is 2.27. The van der Waals surface area contributed by atoms with Crippen molar-refractivity contribution in [2.75, 3.05) is 13.1 Å².